The van der Waals surface area contributed by atoms with Gasteiger partial charge >= 0.3 is 0 Å². The Balaban J connectivity index is 1.78. The average Bonchev–Trinajstić information content (AvgIpc) is 3.05. The minimum absolute atomic E-state index is 0.0620. The van der Waals surface area contributed by atoms with Gasteiger partial charge in [-0.2, -0.15) is 0 Å². The van der Waals surface area contributed by atoms with Crippen molar-refractivity contribution in [2.75, 3.05) is 13.1 Å². The third-order valence-corrected chi connectivity index (χ3v) is 5.18. The lowest BCUT2D eigenvalue weighted by Crippen LogP contribution is -2.49. The van der Waals surface area contributed by atoms with Crippen LogP contribution in [0.25, 0.3) is 0 Å². The number of hydrogen-bond acceptors (Lipinski definition) is 3. The molecule has 108 valence electrons. The van der Waals surface area contributed by atoms with E-state index in [1.54, 1.807) is 0 Å². The van der Waals surface area contributed by atoms with Crippen LogP contribution in [-0.4, -0.2) is 53.1 Å². The van der Waals surface area contributed by atoms with E-state index >= 15 is 0 Å². The van der Waals surface area contributed by atoms with Gasteiger partial charge < -0.3 is 4.90 Å². The second-order valence-corrected chi connectivity index (χ2v) is 6.28. The SMILES string of the molecule is CCCC1NC(CC)C(=O)N1C1CCN2CCCC12. The molecule has 4 atom stereocenters. The topological polar surface area (TPSA) is 35.6 Å². The van der Waals surface area contributed by atoms with Crippen LogP contribution in [0.2, 0.25) is 0 Å². The van der Waals surface area contributed by atoms with Crippen LogP contribution >= 0.6 is 0 Å². The summed E-state index contributed by atoms with van der Waals surface area (Å²) in [6.45, 7) is 6.75. The zero-order chi connectivity index (χ0) is 13.4. The van der Waals surface area contributed by atoms with Crippen LogP contribution in [0, 0.1) is 0 Å². The first-order chi connectivity index (χ1) is 9.26. The molecule has 3 rings (SSSR count). The maximum absolute atomic E-state index is 12.6. The zero-order valence-electron chi connectivity index (χ0n) is 12.3. The molecular weight excluding hydrogens is 238 g/mol. The van der Waals surface area contributed by atoms with Gasteiger partial charge in [0.1, 0.15) is 0 Å². The smallest absolute Gasteiger partial charge is 0.241 e. The molecule has 3 aliphatic rings. The van der Waals surface area contributed by atoms with Crippen molar-refractivity contribution >= 4 is 5.91 Å². The van der Waals surface area contributed by atoms with E-state index in [-0.39, 0.29) is 12.2 Å². The molecular formula is C15H27N3O. The Morgan fingerprint density at radius 3 is 2.79 bits per heavy atom. The van der Waals surface area contributed by atoms with Gasteiger partial charge in [0.2, 0.25) is 5.91 Å². The number of rotatable bonds is 4. The number of nitrogens with one attached hydrogen (secondary N) is 1. The monoisotopic (exact) mass is 265 g/mol. The van der Waals surface area contributed by atoms with E-state index in [0.29, 0.717) is 18.0 Å². The quantitative estimate of drug-likeness (QED) is 0.838. The zero-order valence-corrected chi connectivity index (χ0v) is 12.3. The van der Waals surface area contributed by atoms with E-state index < -0.39 is 0 Å². The number of carbonyl (C=O) groups is 1. The van der Waals surface area contributed by atoms with E-state index in [4.69, 9.17) is 0 Å². The fourth-order valence-electron chi connectivity index (χ4n) is 4.28. The standard InChI is InChI=1S/C15H27N3O/c1-3-6-14-16-11(4-2)15(19)18(14)13-8-10-17-9-5-7-12(13)17/h11-14,16H,3-10H2,1-2H3. The molecule has 3 heterocycles. The summed E-state index contributed by atoms with van der Waals surface area (Å²) in [6, 6.07) is 1.17. The lowest BCUT2D eigenvalue weighted by molar-refractivity contribution is -0.132. The Kier molecular flexibility index (Phi) is 3.81. The highest BCUT2D eigenvalue weighted by Gasteiger charge is 2.48. The fourth-order valence-corrected chi connectivity index (χ4v) is 4.28. The van der Waals surface area contributed by atoms with E-state index in [0.717, 1.165) is 19.3 Å². The normalized spacial score (nSPS) is 39.3. The number of amides is 1. The molecule has 0 aromatic heterocycles. The first-order valence-electron chi connectivity index (χ1n) is 8.08. The highest BCUT2D eigenvalue weighted by molar-refractivity contribution is 5.84. The van der Waals surface area contributed by atoms with Crippen LogP contribution in [0.5, 0.6) is 0 Å². The van der Waals surface area contributed by atoms with Gasteiger partial charge in [-0.25, -0.2) is 0 Å². The molecule has 4 unspecified atom stereocenters. The molecule has 3 fully saturated rings. The van der Waals surface area contributed by atoms with E-state index in [1.807, 2.05) is 0 Å². The fraction of sp³-hybridized carbons (Fsp3) is 0.933. The third kappa shape index (κ3) is 2.19. The highest BCUT2D eigenvalue weighted by atomic mass is 16.2. The number of hydrogen-bond donors (Lipinski definition) is 1. The summed E-state index contributed by atoms with van der Waals surface area (Å²) in [6.07, 6.45) is 7.19. The molecule has 1 amide bonds. The summed E-state index contributed by atoms with van der Waals surface area (Å²) in [7, 11) is 0. The van der Waals surface area contributed by atoms with Gasteiger partial charge in [0, 0.05) is 12.6 Å². The Morgan fingerprint density at radius 2 is 2.05 bits per heavy atom. The summed E-state index contributed by atoms with van der Waals surface area (Å²) in [4.78, 5) is 17.5. The number of fused-ring (bicyclic) bond motifs is 1. The summed E-state index contributed by atoms with van der Waals surface area (Å²) in [5.41, 5.74) is 0. The van der Waals surface area contributed by atoms with Crippen LogP contribution in [0.3, 0.4) is 0 Å². The molecule has 0 aliphatic carbocycles. The van der Waals surface area contributed by atoms with Crippen molar-refractivity contribution in [1.82, 2.24) is 15.1 Å². The lowest BCUT2D eigenvalue weighted by Gasteiger charge is -2.33. The summed E-state index contributed by atoms with van der Waals surface area (Å²) in [5.74, 6) is 0.361. The van der Waals surface area contributed by atoms with Gasteiger partial charge in [-0.3, -0.25) is 15.0 Å². The van der Waals surface area contributed by atoms with Gasteiger partial charge in [-0.1, -0.05) is 20.3 Å². The minimum Gasteiger partial charge on any atom is -0.321 e. The van der Waals surface area contributed by atoms with Crippen LogP contribution in [0.15, 0.2) is 0 Å². The van der Waals surface area contributed by atoms with Gasteiger partial charge in [0.05, 0.1) is 18.2 Å². The second-order valence-electron chi connectivity index (χ2n) is 6.28. The van der Waals surface area contributed by atoms with Gasteiger partial charge in [-0.15, -0.1) is 0 Å². The molecule has 3 aliphatic heterocycles. The Morgan fingerprint density at radius 1 is 1.21 bits per heavy atom. The number of carbonyl (C=O) groups excluding carboxylic acids is 1. The largest absolute Gasteiger partial charge is 0.321 e. The first kappa shape index (κ1) is 13.4. The maximum atomic E-state index is 12.6. The van der Waals surface area contributed by atoms with Crippen molar-refractivity contribution in [1.29, 1.82) is 0 Å². The van der Waals surface area contributed by atoms with Gasteiger partial charge in [-0.05, 0) is 38.6 Å². The Hall–Kier alpha value is -0.610. The van der Waals surface area contributed by atoms with Crippen LogP contribution in [0.4, 0.5) is 0 Å². The van der Waals surface area contributed by atoms with Crippen molar-refractivity contribution < 1.29 is 4.79 Å². The summed E-state index contributed by atoms with van der Waals surface area (Å²) < 4.78 is 0. The van der Waals surface area contributed by atoms with E-state index in [9.17, 15) is 4.79 Å². The molecule has 0 spiro atoms. The van der Waals surface area contributed by atoms with E-state index in [2.05, 4.69) is 29.0 Å². The van der Waals surface area contributed by atoms with E-state index in [1.165, 1.54) is 32.4 Å². The number of nitrogens with zero attached hydrogens (tertiary/aromatic N) is 2. The van der Waals surface area contributed by atoms with Crippen LogP contribution < -0.4 is 5.32 Å². The molecule has 0 aromatic carbocycles. The molecule has 0 aromatic rings. The molecule has 19 heavy (non-hydrogen) atoms. The molecule has 0 saturated carbocycles. The predicted molar refractivity (Wildman–Crippen MR) is 75.8 cm³/mol. The van der Waals surface area contributed by atoms with Gasteiger partial charge in [0.15, 0.2) is 0 Å². The second kappa shape index (κ2) is 5.41. The molecule has 3 saturated heterocycles. The van der Waals surface area contributed by atoms with Crippen molar-refractivity contribution in [2.24, 2.45) is 0 Å². The first-order valence-corrected chi connectivity index (χ1v) is 8.08. The van der Waals surface area contributed by atoms with Crippen molar-refractivity contribution in [3.05, 3.63) is 0 Å². The van der Waals surface area contributed by atoms with Crippen LogP contribution in [0.1, 0.15) is 52.4 Å². The van der Waals surface area contributed by atoms with Gasteiger partial charge in [0.25, 0.3) is 0 Å². The summed E-state index contributed by atoms with van der Waals surface area (Å²) >= 11 is 0. The molecule has 4 nitrogen and oxygen atoms in total. The van der Waals surface area contributed by atoms with Crippen molar-refractivity contribution in [3.8, 4) is 0 Å². The summed E-state index contributed by atoms with van der Waals surface area (Å²) in [5, 5.41) is 3.56. The third-order valence-electron chi connectivity index (χ3n) is 5.18. The highest BCUT2D eigenvalue weighted by Crippen LogP contribution is 2.34. The van der Waals surface area contributed by atoms with Crippen LogP contribution in [-0.2, 0) is 4.79 Å². The molecule has 4 heteroatoms. The minimum atomic E-state index is 0.0620. The average molecular weight is 265 g/mol. The molecule has 0 bridgehead atoms. The van der Waals surface area contributed by atoms with Crippen molar-refractivity contribution in [2.45, 2.75) is 76.7 Å². The molecule has 0 radical (unpaired) electrons. The molecule has 1 N–H and O–H groups in total. The lowest BCUT2D eigenvalue weighted by atomic mass is 10.0. The Labute approximate surface area is 116 Å². The predicted octanol–water partition coefficient (Wildman–Crippen LogP) is 1.56. The Bertz CT molecular complexity index is 346. The van der Waals surface area contributed by atoms with Crippen molar-refractivity contribution in [3.63, 3.8) is 0 Å². The maximum Gasteiger partial charge on any atom is 0.241 e.